The van der Waals surface area contributed by atoms with Gasteiger partial charge in [0.05, 0.1) is 25.6 Å². The Morgan fingerprint density at radius 1 is 0.812 bits per heavy atom. The Labute approximate surface area is 184 Å². The SMILES string of the molecule is COc1ccc(NC(=O)NP2(=O)Nc3ccc(C(=O)c4ccccc4)cc3N2)cc1OC. The molecule has 1 heterocycles. The van der Waals surface area contributed by atoms with E-state index in [0.717, 1.165) is 0 Å². The number of hydrogen-bond donors (Lipinski definition) is 4. The first-order chi connectivity index (χ1) is 15.4. The van der Waals surface area contributed by atoms with E-state index >= 15 is 0 Å². The number of anilines is 3. The molecule has 0 aliphatic carbocycles. The van der Waals surface area contributed by atoms with Gasteiger partial charge < -0.3 is 25.0 Å². The van der Waals surface area contributed by atoms with Crippen molar-refractivity contribution in [3.05, 3.63) is 77.9 Å². The van der Waals surface area contributed by atoms with Gasteiger partial charge in [-0.15, -0.1) is 0 Å². The van der Waals surface area contributed by atoms with E-state index in [9.17, 15) is 14.2 Å². The summed E-state index contributed by atoms with van der Waals surface area (Å²) in [6.07, 6.45) is 0. The molecule has 0 radical (unpaired) electrons. The zero-order chi connectivity index (χ0) is 22.7. The number of rotatable bonds is 6. The first-order valence-electron chi connectivity index (χ1n) is 9.62. The summed E-state index contributed by atoms with van der Waals surface area (Å²) in [6.45, 7) is 0. The van der Waals surface area contributed by atoms with Crippen molar-refractivity contribution < 1.29 is 23.6 Å². The van der Waals surface area contributed by atoms with Crippen LogP contribution in [0.5, 0.6) is 11.5 Å². The molecule has 164 valence electrons. The predicted octanol–water partition coefficient (Wildman–Crippen LogP) is 4.70. The van der Waals surface area contributed by atoms with Crippen LogP contribution in [-0.2, 0) is 4.57 Å². The first kappa shape index (κ1) is 21.3. The molecule has 0 saturated carbocycles. The molecule has 1 aliphatic rings. The maximum atomic E-state index is 13.1. The van der Waals surface area contributed by atoms with E-state index in [1.54, 1.807) is 60.7 Å². The Morgan fingerprint density at radius 3 is 2.25 bits per heavy atom. The van der Waals surface area contributed by atoms with Crippen LogP contribution in [0.25, 0.3) is 0 Å². The van der Waals surface area contributed by atoms with Crippen molar-refractivity contribution in [2.24, 2.45) is 0 Å². The maximum absolute atomic E-state index is 13.1. The summed E-state index contributed by atoms with van der Waals surface area (Å²) in [5.74, 6) is 0.801. The van der Waals surface area contributed by atoms with Crippen molar-refractivity contribution in [3.63, 3.8) is 0 Å². The van der Waals surface area contributed by atoms with Crippen molar-refractivity contribution >= 4 is 36.5 Å². The summed E-state index contributed by atoms with van der Waals surface area (Å²) in [4.78, 5) is 25.1. The van der Waals surface area contributed by atoms with E-state index < -0.39 is 13.6 Å². The van der Waals surface area contributed by atoms with Gasteiger partial charge in [-0.2, -0.15) is 0 Å². The summed E-state index contributed by atoms with van der Waals surface area (Å²) in [5.41, 5.74) is 2.39. The predicted molar refractivity (Wildman–Crippen MR) is 123 cm³/mol. The van der Waals surface area contributed by atoms with Gasteiger partial charge in [0.2, 0.25) is 0 Å². The number of methoxy groups -OCH3 is 2. The normalized spacial score (nSPS) is 16.2. The van der Waals surface area contributed by atoms with Gasteiger partial charge in [-0.25, -0.2) is 4.79 Å². The minimum absolute atomic E-state index is 0.156. The Bertz CT molecular complexity index is 1230. The molecule has 4 rings (SSSR count). The van der Waals surface area contributed by atoms with Crippen LogP contribution in [0.4, 0.5) is 21.9 Å². The third-order valence-corrected chi connectivity index (χ3v) is 6.40. The highest BCUT2D eigenvalue weighted by Gasteiger charge is 2.33. The smallest absolute Gasteiger partial charge is 0.356 e. The van der Waals surface area contributed by atoms with Gasteiger partial charge in [-0.05, 0) is 30.3 Å². The molecule has 2 amide bonds. The molecule has 3 aromatic rings. The first-order valence-corrected chi connectivity index (χ1v) is 11.3. The van der Waals surface area contributed by atoms with Gasteiger partial charge in [-0.1, -0.05) is 30.3 Å². The summed E-state index contributed by atoms with van der Waals surface area (Å²) < 4.78 is 23.5. The molecule has 4 N–H and O–H groups in total. The summed E-state index contributed by atoms with van der Waals surface area (Å²) in [7, 11) is -0.533. The van der Waals surface area contributed by atoms with E-state index in [-0.39, 0.29) is 5.78 Å². The number of ketones is 1. The van der Waals surface area contributed by atoms with Crippen LogP contribution in [0.3, 0.4) is 0 Å². The van der Waals surface area contributed by atoms with Crippen molar-refractivity contribution in [2.45, 2.75) is 0 Å². The molecule has 0 aromatic heterocycles. The second-order valence-corrected chi connectivity index (χ2v) is 8.81. The van der Waals surface area contributed by atoms with Gasteiger partial charge >= 0.3 is 13.6 Å². The number of nitrogens with one attached hydrogen (secondary N) is 4. The second-order valence-electron chi connectivity index (χ2n) is 6.92. The Kier molecular flexibility index (Phi) is 5.75. The topological polar surface area (TPSA) is 118 Å². The average molecular weight is 452 g/mol. The molecular weight excluding hydrogens is 431 g/mol. The number of hydrogen-bond acceptors (Lipinski definition) is 5. The molecule has 1 aliphatic heterocycles. The minimum atomic E-state index is -3.53. The zero-order valence-electron chi connectivity index (χ0n) is 17.3. The lowest BCUT2D eigenvalue weighted by atomic mass is 10.0. The summed E-state index contributed by atoms with van der Waals surface area (Å²) >= 11 is 0. The fourth-order valence-corrected chi connectivity index (χ4v) is 4.84. The molecule has 0 spiro atoms. The van der Waals surface area contributed by atoms with Crippen molar-refractivity contribution in [2.75, 3.05) is 29.7 Å². The summed E-state index contributed by atoms with van der Waals surface area (Å²) in [5, 5.41) is 10.6. The van der Waals surface area contributed by atoms with Gasteiger partial charge in [0, 0.05) is 22.9 Å². The number of urea groups is 1. The standard InChI is InChI=1S/C22H21N4O5P/c1-30-19-11-9-16(13-20(19)31-2)23-22(28)26-32(29)24-17-10-8-15(12-18(17)25-32)21(27)14-6-4-3-5-7-14/h3-13H,1-2H3,(H4,23,24,25,26,28,29). The maximum Gasteiger partial charge on any atom is 0.356 e. The monoisotopic (exact) mass is 452 g/mol. The Hall–Kier alpha value is -3.97. The van der Waals surface area contributed by atoms with Crippen molar-refractivity contribution in [1.82, 2.24) is 5.09 Å². The number of ether oxygens (including phenoxy) is 2. The van der Waals surface area contributed by atoms with Crippen LogP contribution in [0.1, 0.15) is 15.9 Å². The minimum Gasteiger partial charge on any atom is -0.493 e. The largest absolute Gasteiger partial charge is 0.493 e. The van der Waals surface area contributed by atoms with Crippen LogP contribution in [-0.4, -0.2) is 26.0 Å². The second kappa shape index (κ2) is 8.64. The highest BCUT2D eigenvalue weighted by molar-refractivity contribution is 7.66. The van der Waals surface area contributed by atoms with E-state index in [1.165, 1.54) is 14.2 Å². The number of fused-ring (bicyclic) bond motifs is 1. The van der Waals surface area contributed by atoms with Crippen LogP contribution in [0.2, 0.25) is 0 Å². The van der Waals surface area contributed by atoms with Gasteiger partial charge in [0.25, 0.3) is 0 Å². The zero-order valence-corrected chi connectivity index (χ0v) is 18.2. The number of carbonyl (C=O) groups is 2. The molecule has 0 bridgehead atoms. The van der Waals surface area contributed by atoms with Gasteiger partial charge in [0.15, 0.2) is 17.3 Å². The van der Waals surface area contributed by atoms with Crippen LogP contribution >= 0.6 is 7.59 Å². The van der Waals surface area contributed by atoms with Crippen LogP contribution < -0.4 is 30.1 Å². The number of amides is 2. The van der Waals surface area contributed by atoms with Crippen molar-refractivity contribution in [1.29, 1.82) is 0 Å². The lowest BCUT2D eigenvalue weighted by Gasteiger charge is -2.16. The summed E-state index contributed by atoms with van der Waals surface area (Å²) in [6, 6.07) is 17.9. The van der Waals surface area contributed by atoms with E-state index in [0.29, 0.717) is 39.7 Å². The molecule has 32 heavy (non-hydrogen) atoms. The van der Waals surface area contributed by atoms with E-state index in [1.807, 2.05) is 6.07 Å². The van der Waals surface area contributed by atoms with E-state index in [2.05, 4.69) is 20.6 Å². The van der Waals surface area contributed by atoms with Crippen LogP contribution in [0, 0.1) is 0 Å². The molecule has 1 atom stereocenters. The lowest BCUT2D eigenvalue weighted by molar-refractivity contribution is 0.103. The Morgan fingerprint density at radius 2 is 1.53 bits per heavy atom. The van der Waals surface area contributed by atoms with Gasteiger partial charge in [-0.3, -0.25) is 14.4 Å². The third kappa shape index (κ3) is 4.38. The third-order valence-electron chi connectivity index (χ3n) is 4.77. The number of carbonyl (C=O) groups excluding carboxylic acids is 2. The molecule has 0 fully saturated rings. The quantitative estimate of drug-likeness (QED) is 0.316. The highest BCUT2D eigenvalue weighted by Crippen LogP contribution is 2.51. The molecule has 10 heteroatoms. The molecule has 9 nitrogen and oxygen atoms in total. The van der Waals surface area contributed by atoms with Crippen molar-refractivity contribution in [3.8, 4) is 11.5 Å². The van der Waals surface area contributed by atoms with E-state index in [4.69, 9.17) is 9.47 Å². The number of benzene rings is 3. The van der Waals surface area contributed by atoms with Gasteiger partial charge in [0.1, 0.15) is 0 Å². The molecule has 1 unspecified atom stereocenters. The lowest BCUT2D eigenvalue weighted by Crippen LogP contribution is -2.29. The highest BCUT2D eigenvalue weighted by atomic mass is 31.2. The molecular formula is C22H21N4O5P. The fourth-order valence-electron chi connectivity index (χ4n) is 3.27. The Balaban J connectivity index is 1.45. The molecule has 3 aromatic carbocycles. The average Bonchev–Trinajstić information content (AvgIpc) is 3.13. The van der Waals surface area contributed by atoms with Crippen LogP contribution in [0.15, 0.2) is 66.7 Å². The fraction of sp³-hybridized carbons (Fsp3) is 0.0909. The molecule has 0 saturated heterocycles.